The number of nitrogens with one attached hydrogen (secondary N) is 1. The lowest BCUT2D eigenvalue weighted by atomic mass is 9.71. The summed E-state index contributed by atoms with van der Waals surface area (Å²) in [6.45, 7) is 8.74. The molecule has 0 aromatic carbocycles. The number of hydrogen-bond donors (Lipinski definition) is 1. The molecule has 2 fully saturated rings. The summed E-state index contributed by atoms with van der Waals surface area (Å²) in [4.78, 5) is 13.6. The van der Waals surface area contributed by atoms with Gasteiger partial charge in [-0.25, -0.2) is 4.79 Å². The quantitative estimate of drug-likeness (QED) is 0.729. The van der Waals surface area contributed by atoms with Gasteiger partial charge in [0.05, 0.1) is 0 Å². The third-order valence-corrected chi connectivity index (χ3v) is 4.25. The van der Waals surface area contributed by atoms with Crippen molar-refractivity contribution in [1.29, 1.82) is 0 Å². The average molecular weight is 224 g/mol. The van der Waals surface area contributed by atoms with Crippen molar-refractivity contribution in [2.24, 2.45) is 11.3 Å². The third-order valence-electron chi connectivity index (χ3n) is 4.25. The van der Waals surface area contributed by atoms with Crippen LogP contribution in [0.15, 0.2) is 0 Å². The van der Waals surface area contributed by atoms with E-state index in [1.807, 2.05) is 4.90 Å². The predicted molar refractivity (Wildman–Crippen MR) is 65.3 cm³/mol. The van der Waals surface area contributed by atoms with Gasteiger partial charge in [0.2, 0.25) is 0 Å². The minimum Gasteiger partial charge on any atom is -0.336 e. The van der Waals surface area contributed by atoms with E-state index in [1.54, 1.807) is 0 Å². The second-order valence-electron chi connectivity index (χ2n) is 6.30. The van der Waals surface area contributed by atoms with Crippen LogP contribution in [0.2, 0.25) is 0 Å². The van der Waals surface area contributed by atoms with Crippen LogP contribution in [0.3, 0.4) is 0 Å². The minimum absolute atomic E-state index is 0.152. The first-order valence-corrected chi connectivity index (χ1v) is 6.53. The van der Waals surface area contributed by atoms with E-state index in [1.165, 1.54) is 25.7 Å². The first-order valence-electron chi connectivity index (χ1n) is 6.53. The van der Waals surface area contributed by atoms with Crippen molar-refractivity contribution >= 4 is 6.03 Å². The summed E-state index contributed by atoms with van der Waals surface area (Å²) in [5, 5.41) is 2.90. The van der Waals surface area contributed by atoms with Crippen molar-refractivity contribution in [2.45, 2.75) is 52.5 Å². The second-order valence-corrected chi connectivity index (χ2v) is 6.30. The number of carbonyl (C=O) groups excluding carboxylic acids is 1. The molecule has 0 bridgehead atoms. The van der Waals surface area contributed by atoms with Gasteiger partial charge in [-0.15, -0.1) is 0 Å². The molecule has 1 aliphatic heterocycles. The molecule has 1 N–H and O–H groups in total. The first-order chi connectivity index (χ1) is 7.48. The molecule has 92 valence electrons. The standard InChI is InChI=1S/C13H24N2O/c1-13(2,3)10-4-6-11(7-5-10)15-9-8-14-12(15)16/h10-11H,4-9H2,1-3H3,(H,14,16)/t10-,11-. The number of nitrogens with zero attached hydrogens (tertiary/aromatic N) is 1. The van der Waals surface area contributed by atoms with E-state index in [9.17, 15) is 4.79 Å². The fourth-order valence-corrected chi connectivity index (χ4v) is 3.09. The molecule has 3 nitrogen and oxygen atoms in total. The molecule has 0 radical (unpaired) electrons. The molecule has 1 saturated carbocycles. The Hall–Kier alpha value is -0.730. The molecule has 1 saturated heterocycles. The number of carbonyl (C=O) groups is 1. The Morgan fingerprint density at radius 2 is 1.81 bits per heavy atom. The van der Waals surface area contributed by atoms with Crippen molar-refractivity contribution < 1.29 is 4.79 Å². The smallest absolute Gasteiger partial charge is 0.317 e. The maximum Gasteiger partial charge on any atom is 0.317 e. The zero-order chi connectivity index (χ0) is 11.8. The molecule has 0 atom stereocenters. The Labute approximate surface area is 98.6 Å². The molecule has 0 unspecified atom stereocenters. The Balaban J connectivity index is 1.88. The van der Waals surface area contributed by atoms with Crippen molar-refractivity contribution in [3.8, 4) is 0 Å². The molecule has 0 aromatic heterocycles. The molecule has 2 aliphatic rings. The zero-order valence-corrected chi connectivity index (χ0v) is 10.8. The fraction of sp³-hybridized carbons (Fsp3) is 0.923. The predicted octanol–water partition coefficient (Wildman–Crippen LogP) is 2.62. The van der Waals surface area contributed by atoms with Gasteiger partial charge in [-0.05, 0) is 37.0 Å². The van der Waals surface area contributed by atoms with E-state index >= 15 is 0 Å². The van der Waals surface area contributed by atoms with E-state index in [-0.39, 0.29) is 6.03 Å². The second kappa shape index (κ2) is 4.27. The molecule has 3 heteroatoms. The Bertz CT molecular complexity index is 262. The van der Waals surface area contributed by atoms with Gasteiger partial charge in [-0.1, -0.05) is 20.8 Å². The fourth-order valence-electron chi connectivity index (χ4n) is 3.09. The number of urea groups is 1. The lowest BCUT2D eigenvalue weighted by Crippen LogP contribution is -2.41. The largest absolute Gasteiger partial charge is 0.336 e. The highest BCUT2D eigenvalue weighted by atomic mass is 16.2. The molecule has 1 heterocycles. The number of amides is 2. The SMILES string of the molecule is CC(C)(C)[C@H]1CC[C@H](N2CCNC2=O)CC1. The minimum atomic E-state index is 0.152. The lowest BCUT2D eigenvalue weighted by Gasteiger charge is -2.39. The van der Waals surface area contributed by atoms with Crippen molar-refractivity contribution in [2.75, 3.05) is 13.1 Å². The normalized spacial score (nSPS) is 31.7. The first kappa shape index (κ1) is 11.7. The third kappa shape index (κ3) is 2.33. The molecule has 0 aromatic rings. The van der Waals surface area contributed by atoms with Crippen LogP contribution < -0.4 is 5.32 Å². The van der Waals surface area contributed by atoms with Crippen molar-refractivity contribution in [3.63, 3.8) is 0 Å². The van der Waals surface area contributed by atoms with Crippen LogP contribution in [0.25, 0.3) is 0 Å². The van der Waals surface area contributed by atoms with Crippen LogP contribution in [-0.4, -0.2) is 30.1 Å². The highest BCUT2D eigenvalue weighted by molar-refractivity contribution is 5.76. The molecule has 2 amide bonds. The van der Waals surface area contributed by atoms with Gasteiger partial charge >= 0.3 is 6.03 Å². The van der Waals surface area contributed by atoms with E-state index in [4.69, 9.17) is 0 Å². The average Bonchev–Trinajstić information content (AvgIpc) is 2.63. The monoisotopic (exact) mass is 224 g/mol. The summed E-state index contributed by atoms with van der Waals surface area (Å²) < 4.78 is 0. The van der Waals surface area contributed by atoms with Crippen LogP contribution >= 0.6 is 0 Å². The summed E-state index contributed by atoms with van der Waals surface area (Å²) in [6.07, 6.45) is 4.93. The summed E-state index contributed by atoms with van der Waals surface area (Å²) in [5.74, 6) is 0.828. The van der Waals surface area contributed by atoms with Gasteiger partial charge in [-0.3, -0.25) is 0 Å². The van der Waals surface area contributed by atoms with Crippen LogP contribution in [0.1, 0.15) is 46.5 Å². The summed E-state index contributed by atoms with van der Waals surface area (Å²) >= 11 is 0. The molecule has 0 spiro atoms. The van der Waals surface area contributed by atoms with Crippen LogP contribution in [0.5, 0.6) is 0 Å². The lowest BCUT2D eigenvalue weighted by molar-refractivity contribution is 0.120. The van der Waals surface area contributed by atoms with E-state index in [2.05, 4.69) is 26.1 Å². The molecular formula is C13H24N2O. The van der Waals surface area contributed by atoms with Crippen LogP contribution in [-0.2, 0) is 0 Å². The van der Waals surface area contributed by atoms with Crippen LogP contribution in [0.4, 0.5) is 4.79 Å². The van der Waals surface area contributed by atoms with Crippen LogP contribution in [0, 0.1) is 11.3 Å². The van der Waals surface area contributed by atoms with Crippen molar-refractivity contribution in [3.05, 3.63) is 0 Å². The Kier molecular flexibility index (Phi) is 3.13. The molecular weight excluding hydrogens is 200 g/mol. The molecule has 16 heavy (non-hydrogen) atoms. The summed E-state index contributed by atoms with van der Waals surface area (Å²) in [5.41, 5.74) is 0.429. The van der Waals surface area contributed by atoms with Gasteiger partial charge in [0, 0.05) is 19.1 Å². The number of hydrogen-bond acceptors (Lipinski definition) is 1. The van der Waals surface area contributed by atoms with E-state index < -0.39 is 0 Å². The maximum absolute atomic E-state index is 11.6. The number of rotatable bonds is 1. The van der Waals surface area contributed by atoms with E-state index in [0.717, 1.165) is 19.0 Å². The molecule has 2 rings (SSSR count). The Morgan fingerprint density at radius 1 is 1.19 bits per heavy atom. The van der Waals surface area contributed by atoms with Gasteiger partial charge in [0.1, 0.15) is 0 Å². The zero-order valence-electron chi connectivity index (χ0n) is 10.8. The van der Waals surface area contributed by atoms with Gasteiger partial charge in [0.15, 0.2) is 0 Å². The van der Waals surface area contributed by atoms with Crippen molar-refractivity contribution in [1.82, 2.24) is 10.2 Å². The van der Waals surface area contributed by atoms with Gasteiger partial charge in [-0.2, -0.15) is 0 Å². The Morgan fingerprint density at radius 3 is 2.25 bits per heavy atom. The highest BCUT2D eigenvalue weighted by Crippen LogP contribution is 2.39. The summed E-state index contributed by atoms with van der Waals surface area (Å²) in [6, 6.07) is 0.653. The van der Waals surface area contributed by atoms with Gasteiger partial charge in [0.25, 0.3) is 0 Å². The maximum atomic E-state index is 11.6. The van der Waals surface area contributed by atoms with E-state index in [0.29, 0.717) is 11.5 Å². The van der Waals surface area contributed by atoms with Gasteiger partial charge < -0.3 is 10.2 Å². The molecule has 1 aliphatic carbocycles. The topological polar surface area (TPSA) is 32.3 Å². The summed E-state index contributed by atoms with van der Waals surface area (Å²) in [7, 11) is 0. The highest BCUT2D eigenvalue weighted by Gasteiger charge is 2.34.